The number of carbonyl (C=O) groups is 1. The fourth-order valence-corrected chi connectivity index (χ4v) is 3.10. The molecule has 162 valence electrons. The van der Waals surface area contributed by atoms with Crippen molar-refractivity contribution >= 4 is 6.09 Å². The number of halogens is 3. The minimum absolute atomic E-state index is 0.0623. The highest BCUT2D eigenvalue weighted by Gasteiger charge is 2.42. The molecule has 2 saturated heterocycles. The second-order valence-electron chi connectivity index (χ2n) is 8.39. The summed E-state index contributed by atoms with van der Waals surface area (Å²) in [6, 6.07) is 2.14. The van der Waals surface area contributed by atoms with Crippen LogP contribution in [0.5, 0.6) is 5.88 Å². The summed E-state index contributed by atoms with van der Waals surface area (Å²) >= 11 is 0. The van der Waals surface area contributed by atoms with E-state index in [9.17, 15) is 23.1 Å². The van der Waals surface area contributed by atoms with Gasteiger partial charge < -0.3 is 24.2 Å². The number of rotatable bonds is 3. The van der Waals surface area contributed by atoms with E-state index in [-0.39, 0.29) is 24.7 Å². The van der Waals surface area contributed by atoms with Crippen LogP contribution < -0.4 is 4.74 Å². The van der Waals surface area contributed by atoms with E-state index >= 15 is 0 Å². The van der Waals surface area contributed by atoms with E-state index in [1.54, 1.807) is 25.7 Å². The molecule has 1 aromatic heterocycles. The molecule has 7 nitrogen and oxygen atoms in total. The van der Waals surface area contributed by atoms with Crippen molar-refractivity contribution in [1.29, 1.82) is 0 Å². The molecular weight excluding hydrogens is 393 g/mol. The van der Waals surface area contributed by atoms with Crippen molar-refractivity contribution in [3.8, 4) is 5.88 Å². The Morgan fingerprint density at radius 1 is 1.24 bits per heavy atom. The van der Waals surface area contributed by atoms with Crippen LogP contribution in [0.3, 0.4) is 0 Å². The summed E-state index contributed by atoms with van der Waals surface area (Å²) in [6.07, 6.45) is -4.64. The van der Waals surface area contributed by atoms with Crippen LogP contribution in [0.4, 0.5) is 18.0 Å². The van der Waals surface area contributed by atoms with Crippen LogP contribution in [0.1, 0.15) is 44.9 Å². The molecular formula is C19H25F3N2O5. The lowest BCUT2D eigenvalue weighted by molar-refractivity contribution is -0.185. The first-order valence-electron chi connectivity index (χ1n) is 9.40. The van der Waals surface area contributed by atoms with Crippen LogP contribution in [0, 0.1) is 0 Å². The average Bonchev–Trinajstić information content (AvgIpc) is 2.57. The predicted octanol–water partition coefficient (Wildman–Crippen LogP) is 3.10. The van der Waals surface area contributed by atoms with Gasteiger partial charge in [0.2, 0.25) is 5.88 Å². The zero-order valence-electron chi connectivity index (χ0n) is 16.6. The van der Waals surface area contributed by atoms with Gasteiger partial charge in [-0.3, -0.25) is 0 Å². The molecule has 3 rings (SSSR count). The fraction of sp³-hybridized carbons (Fsp3) is 0.684. The number of likely N-dealkylation sites (tertiary alicyclic amines) is 1. The molecule has 2 fully saturated rings. The number of hydrogen-bond acceptors (Lipinski definition) is 6. The monoisotopic (exact) mass is 418 g/mol. The summed E-state index contributed by atoms with van der Waals surface area (Å²) in [5, 5.41) is 10.4. The first kappa shape index (κ1) is 21.6. The van der Waals surface area contributed by atoms with Crippen LogP contribution in [0.25, 0.3) is 0 Å². The molecule has 2 aliphatic heterocycles. The predicted molar refractivity (Wildman–Crippen MR) is 95.4 cm³/mol. The number of aliphatic hydroxyl groups is 1. The van der Waals surface area contributed by atoms with E-state index in [4.69, 9.17) is 14.2 Å². The number of carbonyl (C=O) groups excluding carboxylic acids is 1. The molecule has 0 bridgehead atoms. The minimum atomic E-state index is -4.67. The molecule has 2 aliphatic rings. The van der Waals surface area contributed by atoms with Gasteiger partial charge in [0.15, 0.2) is 0 Å². The number of aromatic nitrogens is 1. The molecule has 3 heterocycles. The van der Waals surface area contributed by atoms with Gasteiger partial charge in [-0.05, 0) is 32.4 Å². The molecule has 0 saturated carbocycles. The van der Waals surface area contributed by atoms with Crippen LogP contribution in [0.2, 0.25) is 0 Å². The lowest BCUT2D eigenvalue weighted by Crippen LogP contribution is -2.46. The van der Waals surface area contributed by atoms with Crippen molar-refractivity contribution in [3.63, 3.8) is 0 Å². The van der Waals surface area contributed by atoms with Gasteiger partial charge in [-0.1, -0.05) is 0 Å². The summed E-state index contributed by atoms with van der Waals surface area (Å²) in [4.78, 5) is 17.2. The summed E-state index contributed by atoms with van der Waals surface area (Å²) in [5.41, 5.74) is -3.14. The molecule has 1 amide bonds. The molecule has 0 unspecified atom stereocenters. The molecule has 0 aliphatic carbocycles. The van der Waals surface area contributed by atoms with E-state index in [0.29, 0.717) is 25.9 Å². The van der Waals surface area contributed by atoms with Crippen molar-refractivity contribution in [2.75, 3.05) is 26.3 Å². The van der Waals surface area contributed by atoms with E-state index in [0.717, 1.165) is 6.07 Å². The average molecular weight is 418 g/mol. The molecule has 0 radical (unpaired) electrons. The molecule has 0 atom stereocenters. The van der Waals surface area contributed by atoms with Crippen molar-refractivity contribution in [2.24, 2.45) is 0 Å². The minimum Gasteiger partial charge on any atom is -0.474 e. The van der Waals surface area contributed by atoms with Crippen molar-refractivity contribution in [2.45, 2.75) is 57.1 Å². The maximum atomic E-state index is 13.2. The summed E-state index contributed by atoms with van der Waals surface area (Å²) in [6.45, 7) is 5.90. The zero-order valence-corrected chi connectivity index (χ0v) is 16.6. The summed E-state index contributed by atoms with van der Waals surface area (Å²) in [5.74, 6) is -0.203. The third kappa shape index (κ3) is 5.30. The number of piperidine rings is 1. The molecule has 1 aromatic rings. The van der Waals surface area contributed by atoms with E-state index in [1.807, 2.05) is 0 Å². The lowest BCUT2D eigenvalue weighted by Gasteiger charge is -2.37. The first-order chi connectivity index (χ1) is 13.4. The highest BCUT2D eigenvalue weighted by atomic mass is 19.4. The molecule has 10 heteroatoms. The molecule has 1 N–H and O–H groups in total. The Kier molecular flexibility index (Phi) is 5.70. The third-order valence-corrected chi connectivity index (χ3v) is 4.69. The highest BCUT2D eigenvalue weighted by molar-refractivity contribution is 5.68. The van der Waals surface area contributed by atoms with Crippen LogP contribution in [0.15, 0.2) is 12.1 Å². The van der Waals surface area contributed by atoms with E-state index in [1.165, 1.54) is 6.07 Å². The number of nitrogens with zero attached hydrogens (tertiary/aromatic N) is 2. The van der Waals surface area contributed by atoms with E-state index < -0.39 is 35.3 Å². The SMILES string of the molecule is CC(C)(C)OC(=O)N1CCC(Oc2cc(C3(O)COC3)cc(C(F)(F)F)n2)CC1. The quantitative estimate of drug-likeness (QED) is 0.813. The van der Waals surface area contributed by atoms with Gasteiger partial charge in [0.05, 0.1) is 13.2 Å². The van der Waals surface area contributed by atoms with Gasteiger partial charge in [-0.15, -0.1) is 0 Å². The van der Waals surface area contributed by atoms with Gasteiger partial charge in [-0.2, -0.15) is 13.2 Å². The van der Waals surface area contributed by atoms with Gasteiger partial charge in [0, 0.05) is 32.0 Å². The summed E-state index contributed by atoms with van der Waals surface area (Å²) < 4.78 is 55.6. The normalized spacial score (nSPS) is 20.2. The number of ether oxygens (including phenoxy) is 3. The number of hydrogen-bond donors (Lipinski definition) is 1. The van der Waals surface area contributed by atoms with Crippen LogP contribution in [-0.2, 0) is 21.3 Å². The maximum absolute atomic E-state index is 13.2. The highest BCUT2D eigenvalue weighted by Crippen LogP contribution is 2.36. The number of alkyl halides is 3. The van der Waals surface area contributed by atoms with Crippen molar-refractivity contribution in [1.82, 2.24) is 9.88 Å². The second-order valence-corrected chi connectivity index (χ2v) is 8.39. The Morgan fingerprint density at radius 3 is 2.34 bits per heavy atom. The van der Waals surface area contributed by atoms with Crippen molar-refractivity contribution < 1.29 is 37.3 Å². The Morgan fingerprint density at radius 2 is 1.86 bits per heavy atom. The van der Waals surface area contributed by atoms with Crippen LogP contribution in [-0.4, -0.2) is 59.1 Å². The number of pyridine rings is 1. The van der Waals surface area contributed by atoms with Gasteiger partial charge in [0.1, 0.15) is 23.0 Å². The Hall–Kier alpha value is -2.07. The molecule has 0 spiro atoms. The zero-order chi connectivity index (χ0) is 21.4. The van der Waals surface area contributed by atoms with Crippen molar-refractivity contribution in [3.05, 3.63) is 23.4 Å². The topological polar surface area (TPSA) is 81.1 Å². The summed E-state index contributed by atoms with van der Waals surface area (Å²) in [7, 11) is 0. The van der Waals surface area contributed by atoms with Gasteiger partial charge in [0.25, 0.3) is 0 Å². The number of amides is 1. The smallest absolute Gasteiger partial charge is 0.433 e. The Balaban J connectivity index is 1.68. The lowest BCUT2D eigenvalue weighted by atomic mass is 9.92. The van der Waals surface area contributed by atoms with E-state index in [2.05, 4.69) is 4.98 Å². The Bertz CT molecular complexity index is 751. The fourth-order valence-electron chi connectivity index (χ4n) is 3.10. The maximum Gasteiger partial charge on any atom is 0.433 e. The van der Waals surface area contributed by atoms with Gasteiger partial charge in [-0.25, -0.2) is 9.78 Å². The van der Waals surface area contributed by atoms with Crippen LogP contribution >= 0.6 is 0 Å². The largest absolute Gasteiger partial charge is 0.474 e. The molecule has 29 heavy (non-hydrogen) atoms. The second kappa shape index (κ2) is 7.64. The standard InChI is InChI=1S/C19H25F3N2O5/c1-17(2,3)29-16(25)24-6-4-13(5-7-24)28-15-9-12(18(26)10-27-11-18)8-14(23-15)19(20,21)22/h8-9,13,26H,4-7,10-11H2,1-3H3. The van der Waals surface area contributed by atoms with Gasteiger partial charge >= 0.3 is 12.3 Å². The third-order valence-electron chi connectivity index (χ3n) is 4.69. The Labute approximate surface area is 166 Å². The molecule has 0 aromatic carbocycles. The first-order valence-corrected chi connectivity index (χ1v) is 9.40.